The highest BCUT2D eigenvalue weighted by atomic mass is 32.2. The number of rotatable bonds is 3. The molecule has 1 aromatic rings. The standard InChI is InChI=1S/C12H17NO4S/c1-10-11(9-14)3-2-4-12(10)18(15,16)13-5-7-17-8-6-13/h2-4,14H,5-9H2,1H3. The topological polar surface area (TPSA) is 66.8 Å². The molecule has 0 atom stereocenters. The lowest BCUT2D eigenvalue weighted by atomic mass is 10.1. The minimum atomic E-state index is -3.48. The second kappa shape index (κ2) is 5.36. The highest BCUT2D eigenvalue weighted by Gasteiger charge is 2.28. The number of ether oxygens (including phenoxy) is 1. The third kappa shape index (κ3) is 2.42. The van der Waals surface area contributed by atoms with Crippen LogP contribution in [0.5, 0.6) is 0 Å². The summed E-state index contributed by atoms with van der Waals surface area (Å²) in [5, 5.41) is 9.19. The molecule has 1 aliphatic heterocycles. The van der Waals surface area contributed by atoms with Gasteiger partial charge in [-0.1, -0.05) is 12.1 Å². The number of aliphatic hydroxyl groups is 1. The minimum absolute atomic E-state index is 0.154. The first-order valence-electron chi connectivity index (χ1n) is 5.84. The summed E-state index contributed by atoms with van der Waals surface area (Å²) in [6.45, 7) is 3.18. The largest absolute Gasteiger partial charge is 0.392 e. The normalized spacial score (nSPS) is 17.9. The summed E-state index contributed by atoms with van der Waals surface area (Å²) in [5.74, 6) is 0. The van der Waals surface area contributed by atoms with E-state index in [-0.39, 0.29) is 11.5 Å². The maximum Gasteiger partial charge on any atom is 0.243 e. The quantitative estimate of drug-likeness (QED) is 0.870. The zero-order valence-corrected chi connectivity index (χ0v) is 11.1. The Kier molecular flexibility index (Phi) is 4.01. The Hall–Kier alpha value is -0.950. The Morgan fingerprint density at radius 3 is 2.61 bits per heavy atom. The van der Waals surface area contributed by atoms with Gasteiger partial charge in [0.2, 0.25) is 10.0 Å². The van der Waals surface area contributed by atoms with Gasteiger partial charge in [0.15, 0.2) is 0 Å². The SMILES string of the molecule is Cc1c(CO)cccc1S(=O)(=O)N1CCOCC1. The van der Waals surface area contributed by atoms with Crippen LogP contribution in [-0.4, -0.2) is 44.1 Å². The molecule has 1 heterocycles. The van der Waals surface area contributed by atoms with E-state index in [0.29, 0.717) is 37.4 Å². The molecule has 18 heavy (non-hydrogen) atoms. The van der Waals surface area contributed by atoms with E-state index in [4.69, 9.17) is 4.74 Å². The molecule has 1 saturated heterocycles. The predicted octanol–water partition coefficient (Wildman–Crippen LogP) is 0.508. The highest BCUT2D eigenvalue weighted by Crippen LogP contribution is 2.23. The van der Waals surface area contributed by atoms with Crippen LogP contribution >= 0.6 is 0 Å². The van der Waals surface area contributed by atoms with Gasteiger partial charge in [0, 0.05) is 13.1 Å². The number of benzene rings is 1. The van der Waals surface area contributed by atoms with Gasteiger partial charge in [-0.2, -0.15) is 4.31 Å². The van der Waals surface area contributed by atoms with Crippen LogP contribution in [0.3, 0.4) is 0 Å². The smallest absolute Gasteiger partial charge is 0.243 e. The van der Waals surface area contributed by atoms with Crippen molar-refractivity contribution in [1.29, 1.82) is 0 Å². The van der Waals surface area contributed by atoms with Crippen LogP contribution in [0.4, 0.5) is 0 Å². The van der Waals surface area contributed by atoms with Crippen molar-refractivity contribution in [2.24, 2.45) is 0 Å². The molecule has 6 heteroatoms. The summed E-state index contributed by atoms with van der Waals surface area (Å²) in [6, 6.07) is 4.97. The van der Waals surface area contributed by atoms with Crippen molar-refractivity contribution >= 4 is 10.0 Å². The Morgan fingerprint density at radius 2 is 2.00 bits per heavy atom. The van der Waals surface area contributed by atoms with Crippen LogP contribution in [-0.2, 0) is 21.4 Å². The lowest BCUT2D eigenvalue weighted by Crippen LogP contribution is -2.40. The van der Waals surface area contributed by atoms with E-state index >= 15 is 0 Å². The Bertz CT molecular complexity index is 521. The fraction of sp³-hybridized carbons (Fsp3) is 0.500. The van der Waals surface area contributed by atoms with Crippen molar-refractivity contribution < 1.29 is 18.3 Å². The molecular weight excluding hydrogens is 254 g/mol. The molecule has 100 valence electrons. The van der Waals surface area contributed by atoms with Crippen LogP contribution in [0.1, 0.15) is 11.1 Å². The molecule has 1 N–H and O–H groups in total. The van der Waals surface area contributed by atoms with Crippen LogP contribution < -0.4 is 0 Å². The molecule has 5 nitrogen and oxygen atoms in total. The van der Waals surface area contributed by atoms with Gasteiger partial charge >= 0.3 is 0 Å². The van der Waals surface area contributed by atoms with Crippen molar-refractivity contribution in [3.05, 3.63) is 29.3 Å². The van der Waals surface area contributed by atoms with Gasteiger partial charge in [0.1, 0.15) is 0 Å². The van der Waals surface area contributed by atoms with E-state index in [0.717, 1.165) is 0 Å². The van der Waals surface area contributed by atoms with Crippen LogP contribution in [0.25, 0.3) is 0 Å². The lowest BCUT2D eigenvalue weighted by molar-refractivity contribution is 0.0730. The first-order valence-corrected chi connectivity index (χ1v) is 7.28. The number of nitrogens with zero attached hydrogens (tertiary/aromatic N) is 1. The molecule has 0 spiro atoms. The third-order valence-corrected chi connectivity index (χ3v) is 5.20. The summed E-state index contributed by atoms with van der Waals surface area (Å²) in [7, 11) is -3.48. The molecule has 0 saturated carbocycles. The Labute approximate surface area is 107 Å². The number of hydrogen-bond acceptors (Lipinski definition) is 4. The predicted molar refractivity (Wildman–Crippen MR) is 66.7 cm³/mol. The number of morpholine rings is 1. The second-order valence-corrected chi connectivity index (χ2v) is 6.12. The Morgan fingerprint density at radius 1 is 1.33 bits per heavy atom. The van der Waals surface area contributed by atoms with Crippen LogP contribution in [0, 0.1) is 6.92 Å². The molecule has 0 amide bonds. The van der Waals surface area contributed by atoms with E-state index in [1.165, 1.54) is 4.31 Å². The monoisotopic (exact) mass is 271 g/mol. The summed E-state index contributed by atoms with van der Waals surface area (Å²) >= 11 is 0. The maximum atomic E-state index is 12.5. The highest BCUT2D eigenvalue weighted by molar-refractivity contribution is 7.89. The van der Waals surface area contributed by atoms with Crippen LogP contribution in [0.2, 0.25) is 0 Å². The summed E-state index contributed by atoms with van der Waals surface area (Å²) in [5.41, 5.74) is 1.26. The molecule has 2 rings (SSSR count). The zero-order chi connectivity index (χ0) is 13.2. The van der Waals surface area contributed by atoms with Crippen LogP contribution in [0.15, 0.2) is 23.1 Å². The van der Waals surface area contributed by atoms with Gasteiger partial charge in [-0.15, -0.1) is 0 Å². The van der Waals surface area contributed by atoms with Gasteiger partial charge in [-0.25, -0.2) is 8.42 Å². The fourth-order valence-electron chi connectivity index (χ4n) is 2.04. The molecule has 1 aromatic carbocycles. The minimum Gasteiger partial charge on any atom is -0.392 e. The van der Waals surface area contributed by atoms with E-state index in [2.05, 4.69) is 0 Å². The lowest BCUT2D eigenvalue weighted by Gasteiger charge is -2.27. The fourth-order valence-corrected chi connectivity index (χ4v) is 3.71. The first-order chi connectivity index (χ1) is 8.57. The summed E-state index contributed by atoms with van der Waals surface area (Å²) in [6.07, 6.45) is 0. The average molecular weight is 271 g/mol. The summed E-state index contributed by atoms with van der Waals surface area (Å²) < 4.78 is 31.5. The molecule has 0 bridgehead atoms. The molecule has 0 unspecified atom stereocenters. The van der Waals surface area contributed by atoms with E-state index in [9.17, 15) is 13.5 Å². The van der Waals surface area contributed by atoms with Gasteiger partial charge in [0.05, 0.1) is 24.7 Å². The molecule has 0 aromatic heterocycles. The van der Waals surface area contributed by atoms with Crippen molar-refractivity contribution in [2.45, 2.75) is 18.4 Å². The number of hydrogen-bond donors (Lipinski definition) is 1. The van der Waals surface area contributed by atoms with Gasteiger partial charge < -0.3 is 9.84 Å². The van der Waals surface area contributed by atoms with Crippen molar-refractivity contribution in [3.8, 4) is 0 Å². The molecular formula is C12H17NO4S. The van der Waals surface area contributed by atoms with Crippen molar-refractivity contribution in [2.75, 3.05) is 26.3 Å². The average Bonchev–Trinajstić information content (AvgIpc) is 2.40. The molecule has 0 aliphatic carbocycles. The molecule has 0 radical (unpaired) electrons. The molecule has 1 fully saturated rings. The van der Waals surface area contributed by atoms with Crippen molar-refractivity contribution in [1.82, 2.24) is 4.31 Å². The van der Waals surface area contributed by atoms with E-state index < -0.39 is 10.0 Å². The Balaban J connectivity index is 2.40. The first kappa shape index (κ1) is 13.5. The third-order valence-electron chi connectivity index (χ3n) is 3.15. The van der Waals surface area contributed by atoms with Gasteiger partial charge in [-0.05, 0) is 24.1 Å². The van der Waals surface area contributed by atoms with E-state index in [1.54, 1.807) is 25.1 Å². The van der Waals surface area contributed by atoms with Crippen molar-refractivity contribution in [3.63, 3.8) is 0 Å². The number of sulfonamides is 1. The van der Waals surface area contributed by atoms with E-state index in [1.807, 2.05) is 0 Å². The molecule has 1 aliphatic rings. The zero-order valence-electron chi connectivity index (χ0n) is 10.3. The maximum absolute atomic E-state index is 12.5. The van der Waals surface area contributed by atoms with Gasteiger partial charge in [-0.3, -0.25) is 0 Å². The summed E-state index contributed by atoms with van der Waals surface area (Å²) in [4.78, 5) is 0.274. The second-order valence-electron chi connectivity index (χ2n) is 4.21. The number of aliphatic hydroxyl groups excluding tert-OH is 1. The van der Waals surface area contributed by atoms with Gasteiger partial charge in [0.25, 0.3) is 0 Å².